The summed E-state index contributed by atoms with van der Waals surface area (Å²) < 4.78 is 35.7. The summed E-state index contributed by atoms with van der Waals surface area (Å²) in [4.78, 5) is 32.8. The van der Waals surface area contributed by atoms with Gasteiger partial charge in [-0.05, 0) is 34.6 Å². The van der Waals surface area contributed by atoms with Crippen LogP contribution >= 0.6 is 11.3 Å². The molecule has 0 aliphatic carbocycles. The van der Waals surface area contributed by atoms with E-state index < -0.39 is 36.5 Å². The average molecular weight is 471 g/mol. The quantitative estimate of drug-likeness (QED) is 0.617. The molecule has 176 valence electrons. The number of nitrogens with two attached hydrogens (primary N) is 1. The van der Waals surface area contributed by atoms with Crippen LogP contribution in [0.25, 0.3) is 10.3 Å². The third kappa shape index (κ3) is 4.25. The Morgan fingerprint density at radius 3 is 2.69 bits per heavy atom. The van der Waals surface area contributed by atoms with E-state index in [1.165, 1.54) is 4.57 Å². The van der Waals surface area contributed by atoms with Gasteiger partial charge in [-0.25, -0.2) is 4.79 Å². The number of ether oxygens (including phenoxy) is 6. The molecule has 0 unspecified atom stereocenters. The highest BCUT2D eigenvalue weighted by atomic mass is 32.1. The minimum atomic E-state index is -0.923. The Morgan fingerprint density at radius 2 is 2.00 bits per heavy atom. The first-order chi connectivity index (χ1) is 15.1. The van der Waals surface area contributed by atoms with Gasteiger partial charge in [-0.2, -0.15) is 9.97 Å². The molecule has 2 aromatic rings. The number of aromatic nitrogens is 3. The maximum Gasteiger partial charge on any atom is 0.508 e. The van der Waals surface area contributed by atoms with Crippen LogP contribution in [0.15, 0.2) is 4.79 Å². The van der Waals surface area contributed by atoms with E-state index in [-0.39, 0.29) is 35.1 Å². The van der Waals surface area contributed by atoms with Gasteiger partial charge in [0.25, 0.3) is 0 Å². The summed E-state index contributed by atoms with van der Waals surface area (Å²) in [6.45, 7) is 8.96. The van der Waals surface area contributed by atoms with Gasteiger partial charge in [-0.15, -0.1) is 0 Å². The van der Waals surface area contributed by atoms with Crippen LogP contribution in [0.4, 0.5) is 10.7 Å². The summed E-state index contributed by atoms with van der Waals surface area (Å²) in [5.74, 6) is -0.735. The third-order valence-electron chi connectivity index (χ3n) is 4.81. The number of carbonyl (C=O) groups is 1. The predicted octanol–water partition coefficient (Wildman–Crippen LogP) is 1.81. The van der Waals surface area contributed by atoms with Crippen molar-refractivity contribution in [2.75, 3.05) is 18.9 Å². The van der Waals surface area contributed by atoms with E-state index >= 15 is 0 Å². The van der Waals surface area contributed by atoms with Gasteiger partial charge in [-0.1, -0.05) is 11.3 Å². The first-order valence-corrected chi connectivity index (χ1v) is 11.1. The number of hydrogen-bond donors (Lipinski definition) is 1. The van der Waals surface area contributed by atoms with Crippen molar-refractivity contribution in [2.24, 2.45) is 0 Å². The zero-order valence-corrected chi connectivity index (χ0v) is 19.2. The zero-order chi connectivity index (χ0) is 23.2. The topological polar surface area (TPSA) is 146 Å². The number of nitrogens with zero attached hydrogens (tertiary/aromatic N) is 3. The molecule has 0 amide bonds. The van der Waals surface area contributed by atoms with Crippen LogP contribution in [0.5, 0.6) is 5.88 Å². The van der Waals surface area contributed by atoms with Crippen molar-refractivity contribution in [1.82, 2.24) is 14.5 Å². The van der Waals surface area contributed by atoms with Crippen LogP contribution in [0, 0.1) is 0 Å². The monoisotopic (exact) mass is 470 g/mol. The Labute approximate surface area is 187 Å². The normalized spacial score (nSPS) is 26.4. The molecular weight excluding hydrogens is 444 g/mol. The summed E-state index contributed by atoms with van der Waals surface area (Å²) in [7, 11) is 0. The molecule has 32 heavy (non-hydrogen) atoms. The molecule has 0 bridgehead atoms. The van der Waals surface area contributed by atoms with Gasteiger partial charge in [-0.3, -0.25) is 9.36 Å². The summed E-state index contributed by atoms with van der Waals surface area (Å²) in [6, 6.07) is 0. The predicted molar refractivity (Wildman–Crippen MR) is 113 cm³/mol. The van der Waals surface area contributed by atoms with E-state index in [0.29, 0.717) is 11.3 Å². The van der Waals surface area contributed by atoms with Crippen LogP contribution in [-0.4, -0.2) is 64.1 Å². The molecular formula is C19H26N4O8S. The van der Waals surface area contributed by atoms with Crippen LogP contribution in [0.2, 0.25) is 0 Å². The summed E-state index contributed by atoms with van der Waals surface area (Å²) in [5, 5.41) is 0. The fourth-order valence-electron chi connectivity index (χ4n) is 3.75. The van der Waals surface area contributed by atoms with Gasteiger partial charge < -0.3 is 34.2 Å². The van der Waals surface area contributed by atoms with Gasteiger partial charge in [0, 0.05) is 0 Å². The summed E-state index contributed by atoms with van der Waals surface area (Å²) in [5.41, 5.74) is 6.12. The molecule has 4 rings (SSSR count). The standard InChI is InChI=1S/C19H26N4O8S/c1-6-26-14-12-13(21-16(20)22-14)23(17(24)32-12)15-11-10(30-19(4,5)31-11)9(29-15)7-27-18(25)28-8(2)3/h8-11,15H,6-7H2,1-5H3,(H2,20,21,22)/t9-,10-,11-,15-/m1/s1. The highest BCUT2D eigenvalue weighted by molar-refractivity contribution is 7.16. The molecule has 2 fully saturated rings. The summed E-state index contributed by atoms with van der Waals surface area (Å²) in [6.07, 6.45) is -3.96. The lowest BCUT2D eigenvalue weighted by molar-refractivity contribution is -0.200. The lowest BCUT2D eigenvalue weighted by Gasteiger charge is -2.24. The number of anilines is 1. The number of fused-ring (bicyclic) bond motifs is 2. The maximum absolute atomic E-state index is 13.0. The molecule has 2 aliphatic heterocycles. The van der Waals surface area contributed by atoms with Crippen molar-refractivity contribution < 1.29 is 33.2 Å². The second-order valence-corrected chi connectivity index (χ2v) is 9.03. The molecule has 0 radical (unpaired) electrons. The van der Waals surface area contributed by atoms with E-state index in [4.69, 9.17) is 34.2 Å². The minimum absolute atomic E-state index is 0.0396. The first-order valence-electron chi connectivity index (χ1n) is 10.3. The molecule has 2 saturated heterocycles. The lowest BCUT2D eigenvalue weighted by Crippen LogP contribution is -2.34. The van der Waals surface area contributed by atoms with Gasteiger partial charge in [0.15, 0.2) is 17.7 Å². The van der Waals surface area contributed by atoms with Crippen molar-refractivity contribution in [3.8, 4) is 5.88 Å². The fraction of sp³-hybridized carbons (Fsp3) is 0.684. The second-order valence-electron chi connectivity index (χ2n) is 8.07. The van der Waals surface area contributed by atoms with E-state index in [0.717, 1.165) is 11.3 Å². The molecule has 4 atom stereocenters. The molecule has 0 aromatic carbocycles. The van der Waals surface area contributed by atoms with Gasteiger partial charge in [0.1, 0.15) is 29.6 Å². The number of thiazole rings is 1. The molecule has 2 aliphatic rings. The van der Waals surface area contributed by atoms with Crippen molar-refractivity contribution in [3.05, 3.63) is 9.67 Å². The molecule has 0 saturated carbocycles. The smallest absolute Gasteiger partial charge is 0.477 e. The van der Waals surface area contributed by atoms with Gasteiger partial charge in [0.2, 0.25) is 11.8 Å². The van der Waals surface area contributed by atoms with Crippen molar-refractivity contribution in [3.63, 3.8) is 0 Å². The summed E-state index contributed by atoms with van der Waals surface area (Å²) >= 11 is 0.921. The highest BCUT2D eigenvalue weighted by Crippen LogP contribution is 2.44. The molecule has 2 aromatic heterocycles. The average Bonchev–Trinajstić information content (AvgIpc) is 3.28. The Hall–Kier alpha value is -2.48. The van der Waals surface area contributed by atoms with Crippen LogP contribution in [0.3, 0.4) is 0 Å². The molecule has 2 N–H and O–H groups in total. The largest absolute Gasteiger partial charge is 0.508 e. The van der Waals surface area contributed by atoms with E-state index in [9.17, 15) is 9.59 Å². The number of hydrogen-bond acceptors (Lipinski definition) is 12. The van der Waals surface area contributed by atoms with E-state index in [1.807, 2.05) is 0 Å². The number of nitrogen functional groups attached to an aromatic ring is 1. The number of rotatable bonds is 6. The van der Waals surface area contributed by atoms with Crippen molar-refractivity contribution in [2.45, 2.75) is 71.0 Å². The van der Waals surface area contributed by atoms with E-state index in [2.05, 4.69) is 9.97 Å². The highest BCUT2D eigenvalue weighted by Gasteiger charge is 2.57. The minimum Gasteiger partial charge on any atom is -0.477 e. The van der Waals surface area contributed by atoms with Crippen LogP contribution < -0.4 is 15.3 Å². The van der Waals surface area contributed by atoms with Gasteiger partial charge >= 0.3 is 11.0 Å². The Bertz CT molecular complexity index is 1070. The van der Waals surface area contributed by atoms with Crippen LogP contribution in [-0.2, 0) is 23.7 Å². The Kier molecular flexibility index (Phi) is 6.00. The van der Waals surface area contributed by atoms with E-state index in [1.54, 1.807) is 34.6 Å². The molecule has 4 heterocycles. The maximum atomic E-state index is 13.0. The SMILES string of the molecule is CCOc1nc(N)nc2c1sc(=O)n2[C@@H]1O[C@H](COC(=O)OC(C)C)[C@H]2OC(C)(C)O[C@H]21. The van der Waals surface area contributed by atoms with Crippen molar-refractivity contribution >= 4 is 33.8 Å². The zero-order valence-electron chi connectivity index (χ0n) is 18.4. The molecule has 0 spiro atoms. The first kappa shape index (κ1) is 22.7. The molecule has 12 nitrogen and oxygen atoms in total. The number of carbonyl (C=O) groups excluding carboxylic acids is 1. The van der Waals surface area contributed by atoms with Crippen molar-refractivity contribution in [1.29, 1.82) is 0 Å². The van der Waals surface area contributed by atoms with Gasteiger partial charge in [0.05, 0.1) is 12.7 Å². The fourth-order valence-corrected chi connectivity index (χ4v) is 4.64. The van der Waals surface area contributed by atoms with Crippen LogP contribution in [0.1, 0.15) is 40.8 Å². The Balaban J connectivity index is 1.67. The molecule has 13 heteroatoms. The Morgan fingerprint density at radius 1 is 1.28 bits per heavy atom. The third-order valence-corrected chi connectivity index (χ3v) is 5.74. The lowest BCUT2D eigenvalue weighted by atomic mass is 10.1. The second kappa shape index (κ2) is 8.46.